The highest BCUT2D eigenvalue weighted by Gasteiger charge is 2.02. The summed E-state index contributed by atoms with van der Waals surface area (Å²) in [5, 5.41) is 9.74. The van der Waals surface area contributed by atoms with Crippen LogP contribution in [0, 0.1) is 0 Å². The lowest BCUT2D eigenvalue weighted by Crippen LogP contribution is -2.25. The van der Waals surface area contributed by atoms with Crippen LogP contribution in [0.2, 0.25) is 0 Å². The number of nitrogens with zero attached hydrogens (tertiary/aromatic N) is 3. The van der Waals surface area contributed by atoms with Crippen molar-refractivity contribution in [1.82, 2.24) is 5.53 Å². The first-order valence-corrected chi connectivity index (χ1v) is 4.15. The monoisotopic (exact) mass is 160 g/mol. The van der Waals surface area contributed by atoms with Crippen molar-refractivity contribution in [3.63, 3.8) is 0 Å². The molecule has 0 fully saturated rings. The Morgan fingerprint density at radius 3 is 3.00 bits per heavy atom. The molecule has 1 aliphatic rings. The van der Waals surface area contributed by atoms with Gasteiger partial charge in [0.1, 0.15) is 10.7 Å². The van der Waals surface area contributed by atoms with Gasteiger partial charge in [0.25, 0.3) is 0 Å². The van der Waals surface area contributed by atoms with Crippen molar-refractivity contribution in [2.24, 2.45) is 10.2 Å². The second-order valence-corrected chi connectivity index (χ2v) is 2.82. The smallest absolute Gasteiger partial charge is 0.118 e. The fourth-order valence-electron chi connectivity index (χ4n) is 1.36. The number of rotatable bonds is 2. The van der Waals surface area contributed by atoms with E-state index in [2.05, 4.69) is 28.7 Å². The molecule has 1 heterocycles. The van der Waals surface area contributed by atoms with Crippen LogP contribution in [-0.4, -0.2) is 0 Å². The number of hydrogen-bond donors (Lipinski definition) is 0. The molecular formula is C9H10N3. The van der Waals surface area contributed by atoms with Crippen molar-refractivity contribution in [3.05, 3.63) is 34.5 Å². The topological polar surface area (TPSA) is 38.8 Å². The molecule has 3 heteroatoms. The van der Waals surface area contributed by atoms with E-state index in [1.165, 1.54) is 5.56 Å². The van der Waals surface area contributed by atoms with Crippen molar-refractivity contribution in [3.8, 4) is 0 Å². The van der Waals surface area contributed by atoms with Crippen LogP contribution in [0.4, 0.5) is 0 Å². The maximum atomic E-state index is 3.98. The molecule has 0 unspecified atom stereocenters. The molecule has 2 rings (SSSR count). The average molecular weight is 160 g/mol. The largest absolute Gasteiger partial charge is 0.128 e. The van der Waals surface area contributed by atoms with Gasteiger partial charge < -0.3 is 0 Å². The van der Waals surface area contributed by atoms with Crippen molar-refractivity contribution < 1.29 is 0 Å². The minimum atomic E-state index is 0.904. The van der Waals surface area contributed by atoms with Crippen LogP contribution in [0.25, 0.3) is 0 Å². The van der Waals surface area contributed by atoms with Gasteiger partial charge in [0, 0.05) is 0 Å². The van der Waals surface area contributed by atoms with Gasteiger partial charge in [0.2, 0.25) is 0 Å². The Morgan fingerprint density at radius 2 is 2.17 bits per heavy atom. The minimum absolute atomic E-state index is 0.904. The molecule has 0 aliphatic carbocycles. The van der Waals surface area contributed by atoms with E-state index in [1.54, 1.807) is 0 Å². The van der Waals surface area contributed by atoms with Gasteiger partial charge in [0.05, 0.1) is 0 Å². The van der Waals surface area contributed by atoms with Gasteiger partial charge in [-0.1, -0.05) is 25.5 Å². The van der Waals surface area contributed by atoms with Gasteiger partial charge in [-0.2, -0.15) is 0 Å². The average Bonchev–Trinajstić information content (AvgIpc) is 2.53. The van der Waals surface area contributed by atoms with E-state index in [4.69, 9.17) is 0 Å². The molecular weight excluding hydrogens is 150 g/mol. The molecule has 0 aromatic heterocycles. The quantitative estimate of drug-likeness (QED) is 0.598. The van der Waals surface area contributed by atoms with Crippen LogP contribution in [0.1, 0.15) is 18.9 Å². The molecule has 61 valence electrons. The molecule has 0 bridgehead atoms. The Labute approximate surface area is 70.8 Å². The van der Waals surface area contributed by atoms with Crippen molar-refractivity contribution >= 4 is 0 Å². The zero-order valence-electron chi connectivity index (χ0n) is 6.99. The molecule has 1 radical (unpaired) electrons. The Morgan fingerprint density at radius 1 is 1.25 bits per heavy atom. The Kier molecular flexibility index (Phi) is 1.78. The van der Waals surface area contributed by atoms with Gasteiger partial charge in [-0.05, 0) is 23.6 Å². The fourth-order valence-corrected chi connectivity index (χ4v) is 1.36. The first-order valence-electron chi connectivity index (χ1n) is 4.15. The summed E-state index contributed by atoms with van der Waals surface area (Å²) in [6.45, 7) is 2.16. The normalized spacial score (nSPS) is 12.8. The summed E-state index contributed by atoms with van der Waals surface area (Å²) in [4.78, 5) is 0. The SMILES string of the molecule is CCCc1cccc2c1=N[N]N=2. The predicted octanol–water partition coefficient (Wildman–Crippen LogP) is 0.326. The van der Waals surface area contributed by atoms with Crippen LogP contribution in [-0.2, 0) is 6.42 Å². The van der Waals surface area contributed by atoms with Crippen molar-refractivity contribution in [2.75, 3.05) is 0 Å². The van der Waals surface area contributed by atoms with Crippen LogP contribution < -0.4 is 16.2 Å². The van der Waals surface area contributed by atoms with Gasteiger partial charge in [0.15, 0.2) is 0 Å². The predicted molar refractivity (Wildman–Crippen MR) is 44.9 cm³/mol. The lowest BCUT2D eigenvalue weighted by atomic mass is 10.1. The zero-order valence-corrected chi connectivity index (χ0v) is 6.99. The first kappa shape index (κ1) is 7.28. The third-order valence-corrected chi connectivity index (χ3v) is 1.91. The second kappa shape index (κ2) is 2.93. The summed E-state index contributed by atoms with van der Waals surface area (Å²) in [6, 6.07) is 6.03. The van der Waals surface area contributed by atoms with E-state index < -0.39 is 0 Å². The third-order valence-electron chi connectivity index (χ3n) is 1.91. The van der Waals surface area contributed by atoms with E-state index in [0.717, 1.165) is 23.6 Å². The van der Waals surface area contributed by atoms with Crippen molar-refractivity contribution in [2.45, 2.75) is 19.8 Å². The van der Waals surface area contributed by atoms with Gasteiger partial charge in [-0.15, -0.1) is 10.2 Å². The summed E-state index contributed by atoms with van der Waals surface area (Å²) in [7, 11) is 0. The highest BCUT2D eigenvalue weighted by Crippen LogP contribution is 1.94. The highest BCUT2D eigenvalue weighted by molar-refractivity contribution is 5.15. The molecule has 12 heavy (non-hydrogen) atoms. The van der Waals surface area contributed by atoms with E-state index in [9.17, 15) is 0 Å². The highest BCUT2D eigenvalue weighted by atomic mass is 15.5. The second-order valence-electron chi connectivity index (χ2n) is 2.82. The number of aryl methyl sites for hydroxylation is 1. The van der Waals surface area contributed by atoms with Crippen molar-refractivity contribution in [1.29, 1.82) is 0 Å². The Hall–Kier alpha value is -1.38. The number of fused-ring (bicyclic) bond motifs is 1. The third kappa shape index (κ3) is 1.07. The van der Waals surface area contributed by atoms with Gasteiger partial charge in [-0.3, -0.25) is 0 Å². The number of benzene rings is 1. The van der Waals surface area contributed by atoms with Gasteiger partial charge in [-0.25, -0.2) is 0 Å². The first-order chi connectivity index (χ1) is 5.92. The minimum Gasteiger partial charge on any atom is -0.128 e. The number of hydrogen-bond acceptors (Lipinski definition) is 2. The molecule has 1 aliphatic heterocycles. The molecule has 1 aromatic carbocycles. The van der Waals surface area contributed by atoms with Crippen LogP contribution >= 0.6 is 0 Å². The van der Waals surface area contributed by atoms with E-state index in [0.29, 0.717) is 0 Å². The fraction of sp³-hybridized carbons (Fsp3) is 0.333. The summed E-state index contributed by atoms with van der Waals surface area (Å²) in [5.74, 6) is 0. The maximum absolute atomic E-state index is 3.98. The van der Waals surface area contributed by atoms with Crippen LogP contribution in [0.15, 0.2) is 28.4 Å². The van der Waals surface area contributed by atoms with E-state index in [-0.39, 0.29) is 0 Å². The standard InChI is InChI=1S/C9H10N3/c1-2-4-7-5-3-6-8-9(7)11-12-10-8/h3,5-6H,2,4H2,1H3. The van der Waals surface area contributed by atoms with Crippen LogP contribution in [0.3, 0.4) is 0 Å². The summed E-state index contributed by atoms with van der Waals surface area (Å²) in [6.07, 6.45) is 2.18. The van der Waals surface area contributed by atoms with E-state index >= 15 is 0 Å². The van der Waals surface area contributed by atoms with Gasteiger partial charge >= 0.3 is 0 Å². The maximum Gasteiger partial charge on any atom is 0.118 e. The van der Waals surface area contributed by atoms with E-state index in [1.807, 2.05) is 12.1 Å². The molecule has 1 aromatic rings. The zero-order chi connectivity index (χ0) is 8.39. The molecule has 0 spiro atoms. The molecule has 3 nitrogen and oxygen atoms in total. The summed E-state index contributed by atoms with van der Waals surface area (Å²) >= 11 is 0. The summed E-state index contributed by atoms with van der Waals surface area (Å²) in [5.41, 5.74) is 4.89. The Balaban J connectivity index is 2.59. The molecule has 0 amide bonds. The van der Waals surface area contributed by atoms with Crippen LogP contribution in [0.5, 0.6) is 0 Å². The molecule has 0 saturated carbocycles. The molecule has 0 saturated heterocycles. The lowest BCUT2D eigenvalue weighted by molar-refractivity contribution is 0.776. The Bertz CT molecular complexity index is 395. The molecule has 0 N–H and O–H groups in total. The lowest BCUT2D eigenvalue weighted by Gasteiger charge is -1.94. The molecule has 0 atom stereocenters. The summed E-state index contributed by atoms with van der Waals surface area (Å²) < 4.78 is 0.